The number of nitrogens with two attached hydrogens (primary N) is 1. The van der Waals surface area contributed by atoms with E-state index in [9.17, 15) is 19.2 Å². The Morgan fingerprint density at radius 2 is 1.42 bits per heavy atom. The molecule has 8 nitrogen and oxygen atoms in total. The highest BCUT2D eigenvalue weighted by molar-refractivity contribution is 7.81. The molecule has 0 unspecified atom stereocenters. The molecule has 0 fully saturated rings. The van der Waals surface area contributed by atoms with Crippen molar-refractivity contribution < 1.29 is 19.2 Å². The normalized spacial score (nSPS) is 9.53. The average molecular weight is 290 g/mol. The van der Waals surface area contributed by atoms with Crippen LogP contribution in [0.2, 0.25) is 0 Å². The molecule has 19 heavy (non-hydrogen) atoms. The molecule has 5 N–H and O–H groups in total. The average Bonchev–Trinajstić information content (AvgIpc) is 2.38. The summed E-state index contributed by atoms with van der Waals surface area (Å²) < 4.78 is 0. The summed E-state index contributed by atoms with van der Waals surface area (Å²) in [5, 5.41) is 7.15. The summed E-state index contributed by atoms with van der Waals surface area (Å²) >= 11 is 3.72. The molecular formula is C10H18N4O4S. The zero-order chi connectivity index (χ0) is 14.7. The number of rotatable bonds is 9. The van der Waals surface area contributed by atoms with Crippen LogP contribution in [0.5, 0.6) is 0 Å². The minimum atomic E-state index is -0.470. The maximum atomic E-state index is 11.2. The molecular weight excluding hydrogens is 272 g/mol. The van der Waals surface area contributed by atoms with E-state index in [2.05, 4.69) is 28.6 Å². The SMILES string of the molecule is NC(=O)CCCNC(=O)CNC(=O)CNC(=O)CS. The lowest BCUT2D eigenvalue weighted by atomic mass is 10.3. The van der Waals surface area contributed by atoms with E-state index >= 15 is 0 Å². The van der Waals surface area contributed by atoms with Gasteiger partial charge in [0.1, 0.15) is 0 Å². The highest BCUT2D eigenvalue weighted by Crippen LogP contribution is 1.83. The fourth-order valence-corrected chi connectivity index (χ4v) is 1.14. The minimum absolute atomic E-state index is 0.00632. The van der Waals surface area contributed by atoms with Crippen molar-refractivity contribution in [3.05, 3.63) is 0 Å². The second-order valence-electron chi connectivity index (χ2n) is 3.63. The number of carbonyl (C=O) groups excluding carboxylic acids is 4. The van der Waals surface area contributed by atoms with Gasteiger partial charge in [0.2, 0.25) is 23.6 Å². The van der Waals surface area contributed by atoms with E-state index < -0.39 is 11.8 Å². The third-order valence-corrected chi connectivity index (χ3v) is 2.25. The molecule has 0 aliphatic heterocycles. The maximum absolute atomic E-state index is 11.2. The third-order valence-electron chi connectivity index (χ3n) is 1.96. The van der Waals surface area contributed by atoms with Crippen molar-refractivity contribution in [3.8, 4) is 0 Å². The molecule has 0 aliphatic carbocycles. The number of thiol groups is 1. The van der Waals surface area contributed by atoms with E-state index in [0.717, 1.165) is 0 Å². The van der Waals surface area contributed by atoms with Gasteiger partial charge in [-0.1, -0.05) is 0 Å². The Labute approximate surface area is 116 Å². The van der Waals surface area contributed by atoms with E-state index in [1.54, 1.807) is 0 Å². The van der Waals surface area contributed by atoms with Gasteiger partial charge >= 0.3 is 0 Å². The Morgan fingerprint density at radius 1 is 0.895 bits per heavy atom. The molecule has 0 spiro atoms. The fraction of sp³-hybridized carbons (Fsp3) is 0.600. The Bertz CT molecular complexity index is 348. The molecule has 0 aromatic carbocycles. The smallest absolute Gasteiger partial charge is 0.239 e. The molecule has 108 valence electrons. The van der Waals surface area contributed by atoms with Gasteiger partial charge in [-0.3, -0.25) is 19.2 Å². The topological polar surface area (TPSA) is 130 Å². The number of hydrogen-bond acceptors (Lipinski definition) is 5. The van der Waals surface area contributed by atoms with Crippen LogP contribution >= 0.6 is 12.6 Å². The fourth-order valence-electron chi connectivity index (χ4n) is 1.03. The van der Waals surface area contributed by atoms with Gasteiger partial charge in [0.15, 0.2) is 0 Å². The molecule has 0 rings (SSSR count). The lowest BCUT2D eigenvalue weighted by Crippen LogP contribution is -2.42. The Kier molecular flexibility index (Phi) is 9.23. The van der Waals surface area contributed by atoms with Gasteiger partial charge in [0.25, 0.3) is 0 Å². The number of nitrogens with one attached hydrogen (secondary N) is 3. The maximum Gasteiger partial charge on any atom is 0.239 e. The first-order chi connectivity index (χ1) is 8.95. The first-order valence-corrected chi connectivity index (χ1v) is 6.28. The van der Waals surface area contributed by atoms with Crippen LogP contribution in [0.3, 0.4) is 0 Å². The van der Waals surface area contributed by atoms with E-state index in [1.807, 2.05) is 0 Å². The molecule has 0 saturated carbocycles. The van der Waals surface area contributed by atoms with Crippen LogP contribution in [0.15, 0.2) is 0 Å². The highest BCUT2D eigenvalue weighted by atomic mass is 32.1. The van der Waals surface area contributed by atoms with Crippen LogP contribution < -0.4 is 21.7 Å². The van der Waals surface area contributed by atoms with Crippen LogP contribution in [-0.2, 0) is 19.2 Å². The molecule has 0 atom stereocenters. The standard InChI is InChI=1S/C10H18N4O4S/c11-7(15)2-1-3-12-8(16)4-13-9(17)5-14-10(18)6-19/h19H,1-6H2,(H2,11,15)(H,12,16)(H,13,17)(H,14,18). The van der Waals surface area contributed by atoms with Gasteiger partial charge in [0, 0.05) is 13.0 Å². The zero-order valence-corrected chi connectivity index (χ0v) is 11.3. The highest BCUT2D eigenvalue weighted by Gasteiger charge is 2.06. The summed E-state index contributed by atoms with van der Waals surface area (Å²) in [5.41, 5.74) is 4.93. The molecule has 0 radical (unpaired) electrons. The number of primary amides is 1. The predicted octanol–water partition coefficient (Wildman–Crippen LogP) is -2.47. The van der Waals surface area contributed by atoms with E-state index in [-0.39, 0.29) is 37.1 Å². The van der Waals surface area contributed by atoms with E-state index in [0.29, 0.717) is 13.0 Å². The van der Waals surface area contributed by atoms with Gasteiger partial charge in [-0.25, -0.2) is 0 Å². The summed E-state index contributed by atoms with van der Waals surface area (Å²) in [6.07, 6.45) is 0.648. The summed E-state index contributed by atoms with van der Waals surface area (Å²) in [5.74, 6) is -1.65. The second kappa shape index (κ2) is 10.2. The van der Waals surface area contributed by atoms with Crippen LogP contribution in [0.25, 0.3) is 0 Å². The van der Waals surface area contributed by atoms with Crippen molar-refractivity contribution in [2.75, 3.05) is 25.4 Å². The molecule has 0 heterocycles. The Morgan fingerprint density at radius 3 is 1.95 bits per heavy atom. The quantitative estimate of drug-likeness (QED) is 0.238. The van der Waals surface area contributed by atoms with Crippen LogP contribution in [0, 0.1) is 0 Å². The molecule has 0 aromatic rings. The largest absolute Gasteiger partial charge is 0.370 e. The number of hydrogen-bond donors (Lipinski definition) is 5. The van der Waals surface area contributed by atoms with Crippen molar-refractivity contribution in [1.29, 1.82) is 0 Å². The summed E-state index contributed by atoms with van der Waals surface area (Å²) in [4.78, 5) is 43.7. The zero-order valence-electron chi connectivity index (χ0n) is 10.4. The monoisotopic (exact) mass is 290 g/mol. The van der Waals surface area contributed by atoms with Gasteiger partial charge in [0.05, 0.1) is 18.8 Å². The first kappa shape index (κ1) is 17.2. The molecule has 0 saturated heterocycles. The van der Waals surface area contributed by atoms with Crippen molar-refractivity contribution in [3.63, 3.8) is 0 Å². The van der Waals surface area contributed by atoms with Crippen LogP contribution in [0.1, 0.15) is 12.8 Å². The molecule has 0 aliphatic rings. The first-order valence-electron chi connectivity index (χ1n) is 5.65. The molecule has 0 bridgehead atoms. The van der Waals surface area contributed by atoms with Crippen molar-refractivity contribution in [1.82, 2.24) is 16.0 Å². The van der Waals surface area contributed by atoms with Crippen molar-refractivity contribution >= 4 is 36.3 Å². The number of amides is 4. The van der Waals surface area contributed by atoms with Crippen molar-refractivity contribution in [2.24, 2.45) is 5.73 Å². The van der Waals surface area contributed by atoms with Crippen LogP contribution in [-0.4, -0.2) is 49.0 Å². The lowest BCUT2D eigenvalue weighted by molar-refractivity contribution is -0.127. The van der Waals surface area contributed by atoms with Gasteiger partial charge in [-0.15, -0.1) is 0 Å². The molecule has 4 amide bonds. The second-order valence-corrected chi connectivity index (χ2v) is 3.95. The molecule has 0 aromatic heterocycles. The molecule has 9 heteroatoms. The Balaban J connectivity index is 3.58. The van der Waals surface area contributed by atoms with E-state index in [1.165, 1.54) is 0 Å². The third kappa shape index (κ3) is 11.1. The number of carbonyl (C=O) groups is 4. The Hall–Kier alpha value is -1.77. The summed E-state index contributed by atoms with van der Waals surface area (Å²) in [6.45, 7) is -0.0749. The lowest BCUT2D eigenvalue weighted by Gasteiger charge is -2.07. The summed E-state index contributed by atoms with van der Waals surface area (Å²) in [6, 6.07) is 0. The minimum Gasteiger partial charge on any atom is -0.370 e. The summed E-state index contributed by atoms with van der Waals surface area (Å²) in [7, 11) is 0. The van der Waals surface area contributed by atoms with E-state index in [4.69, 9.17) is 5.73 Å². The van der Waals surface area contributed by atoms with Gasteiger partial charge in [-0.2, -0.15) is 12.6 Å². The van der Waals surface area contributed by atoms with Crippen LogP contribution in [0.4, 0.5) is 0 Å². The van der Waals surface area contributed by atoms with Gasteiger partial charge in [-0.05, 0) is 6.42 Å². The van der Waals surface area contributed by atoms with Crippen molar-refractivity contribution in [2.45, 2.75) is 12.8 Å². The van der Waals surface area contributed by atoms with Gasteiger partial charge < -0.3 is 21.7 Å². The predicted molar refractivity (Wildman–Crippen MR) is 71.3 cm³/mol.